The fourth-order valence-electron chi connectivity index (χ4n) is 2.96. The molecule has 0 radical (unpaired) electrons. The molecule has 2 aromatic rings. The van der Waals surface area contributed by atoms with Crippen molar-refractivity contribution in [2.45, 2.75) is 38.3 Å². The van der Waals surface area contributed by atoms with Crippen molar-refractivity contribution >= 4 is 17.0 Å². The van der Waals surface area contributed by atoms with Gasteiger partial charge in [0.25, 0.3) is 0 Å². The van der Waals surface area contributed by atoms with Crippen LogP contribution in [0.25, 0.3) is 11.2 Å². The second-order valence-electron chi connectivity index (χ2n) is 5.52. The smallest absolute Gasteiger partial charge is 0.312 e. The number of fused-ring (bicyclic) bond motifs is 1. The van der Waals surface area contributed by atoms with Crippen LogP contribution in [-0.4, -0.2) is 43.0 Å². The summed E-state index contributed by atoms with van der Waals surface area (Å²) in [6.07, 6.45) is -1.73. The minimum Gasteiger partial charge on any atom is -0.393 e. The predicted octanol–water partition coefficient (Wildman–Crippen LogP) is 1.19. The summed E-state index contributed by atoms with van der Waals surface area (Å²) in [5, 5.41) is 9.60. The van der Waals surface area contributed by atoms with Gasteiger partial charge in [-0.25, -0.2) is 9.37 Å². The number of hydrogen-bond donors (Lipinski definition) is 2. The van der Waals surface area contributed by atoms with Crippen LogP contribution >= 0.6 is 0 Å². The third-order valence-corrected chi connectivity index (χ3v) is 4.50. The zero-order chi connectivity index (χ0) is 16.1. The molecule has 9 heteroatoms. The van der Waals surface area contributed by atoms with E-state index in [-0.39, 0.29) is 23.6 Å². The third-order valence-electron chi connectivity index (χ3n) is 4.50. The molecule has 3 rings (SSSR count). The number of aliphatic hydroxyl groups excluding tert-OH is 1. The van der Waals surface area contributed by atoms with Gasteiger partial charge in [-0.1, -0.05) is 13.8 Å². The number of nitrogens with two attached hydrogens (primary N) is 1. The minimum absolute atomic E-state index is 0.0645. The van der Waals surface area contributed by atoms with Crippen LogP contribution in [0, 0.1) is 12.0 Å². The summed E-state index contributed by atoms with van der Waals surface area (Å²) in [6.45, 7) is 3.18. The Morgan fingerprint density at radius 3 is 2.82 bits per heavy atom. The highest BCUT2D eigenvalue weighted by atomic mass is 19.1. The molecule has 1 aliphatic rings. The van der Waals surface area contributed by atoms with E-state index in [1.54, 1.807) is 6.92 Å². The average molecular weight is 313 g/mol. The SMILES string of the molecule is CC[C@]1(CO)O[C@@H](n2cnc3c(N)nc(F)nc32)[C@@H](F)[C@@H]1C. The fraction of sp³-hybridized carbons (Fsp3) is 0.615. The van der Waals surface area contributed by atoms with Gasteiger partial charge in [0.2, 0.25) is 0 Å². The molecule has 1 saturated heterocycles. The molecule has 120 valence electrons. The summed E-state index contributed by atoms with van der Waals surface area (Å²) in [5.41, 5.74) is 4.85. The first-order chi connectivity index (χ1) is 10.4. The van der Waals surface area contributed by atoms with Crippen LogP contribution in [0.2, 0.25) is 0 Å². The van der Waals surface area contributed by atoms with E-state index in [0.29, 0.717) is 6.42 Å². The second-order valence-corrected chi connectivity index (χ2v) is 5.52. The molecule has 3 N–H and O–H groups in total. The van der Waals surface area contributed by atoms with Crippen LogP contribution in [0.5, 0.6) is 0 Å². The van der Waals surface area contributed by atoms with Crippen LogP contribution in [-0.2, 0) is 4.74 Å². The largest absolute Gasteiger partial charge is 0.393 e. The molecule has 0 aromatic carbocycles. The molecule has 0 aliphatic carbocycles. The van der Waals surface area contributed by atoms with E-state index in [2.05, 4.69) is 15.0 Å². The van der Waals surface area contributed by atoms with Crippen LogP contribution in [0.4, 0.5) is 14.6 Å². The van der Waals surface area contributed by atoms with Gasteiger partial charge in [0.05, 0.1) is 18.5 Å². The van der Waals surface area contributed by atoms with Crippen molar-refractivity contribution in [3.63, 3.8) is 0 Å². The molecule has 22 heavy (non-hydrogen) atoms. The zero-order valence-corrected chi connectivity index (χ0v) is 12.2. The van der Waals surface area contributed by atoms with Crippen molar-refractivity contribution in [3.8, 4) is 0 Å². The molecular weight excluding hydrogens is 296 g/mol. The van der Waals surface area contributed by atoms with Gasteiger partial charge in [0.15, 0.2) is 29.4 Å². The van der Waals surface area contributed by atoms with Crippen LogP contribution in [0.1, 0.15) is 26.5 Å². The Kier molecular flexibility index (Phi) is 3.48. The highest BCUT2D eigenvalue weighted by Gasteiger charge is 2.53. The molecule has 0 unspecified atom stereocenters. The predicted molar refractivity (Wildman–Crippen MR) is 74.0 cm³/mol. The lowest BCUT2D eigenvalue weighted by molar-refractivity contribution is -0.113. The van der Waals surface area contributed by atoms with Crippen molar-refractivity contribution in [3.05, 3.63) is 12.4 Å². The van der Waals surface area contributed by atoms with Crippen LogP contribution in [0.3, 0.4) is 0 Å². The third kappa shape index (κ3) is 1.96. The first-order valence-electron chi connectivity index (χ1n) is 7.02. The quantitative estimate of drug-likeness (QED) is 0.826. The molecule has 0 saturated carbocycles. The molecule has 1 fully saturated rings. The van der Waals surface area contributed by atoms with Crippen LogP contribution in [0.15, 0.2) is 6.33 Å². The number of nitrogens with zero attached hydrogens (tertiary/aromatic N) is 4. The topological polar surface area (TPSA) is 99.1 Å². The van der Waals surface area contributed by atoms with Crippen molar-refractivity contribution in [1.29, 1.82) is 0 Å². The van der Waals surface area contributed by atoms with Gasteiger partial charge in [-0.05, 0) is 6.42 Å². The van der Waals surface area contributed by atoms with Gasteiger partial charge in [-0.3, -0.25) is 4.57 Å². The standard InChI is InChI=1S/C13H17F2N5O2/c1-3-13(4-21)6(2)7(14)11(22-13)20-5-17-8-9(16)18-12(15)19-10(8)20/h5-7,11,21H,3-4H2,1-2H3,(H2,16,18,19)/t6-,7-,11+,13+/m0/s1. The van der Waals surface area contributed by atoms with Gasteiger partial charge in [-0.2, -0.15) is 14.4 Å². The summed E-state index contributed by atoms with van der Waals surface area (Å²) < 4.78 is 35.1. The Morgan fingerprint density at radius 2 is 2.23 bits per heavy atom. The van der Waals surface area contributed by atoms with Crippen molar-refractivity contribution in [2.24, 2.45) is 5.92 Å². The number of halogens is 2. The van der Waals surface area contributed by atoms with Gasteiger partial charge < -0.3 is 15.6 Å². The number of rotatable bonds is 3. The maximum atomic E-state index is 14.7. The number of alkyl halides is 1. The van der Waals surface area contributed by atoms with Crippen molar-refractivity contribution in [2.75, 3.05) is 12.3 Å². The monoisotopic (exact) mass is 313 g/mol. The highest BCUT2D eigenvalue weighted by Crippen LogP contribution is 2.45. The maximum Gasteiger partial charge on any atom is 0.312 e. The van der Waals surface area contributed by atoms with Gasteiger partial charge in [-0.15, -0.1) is 0 Å². The molecule has 0 spiro atoms. The van der Waals surface area contributed by atoms with E-state index in [1.807, 2.05) is 6.92 Å². The molecular formula is C13H17F2N5O2. The second kappa shape index (κ2) is 5.10. The van der Waals surface area contributed by atoms with E-state index in [1.165, 1.54) is 10.9 Å². The van der Waals surface area contributed by atoms with Gasteiger partial charge >= 0.3 is 6.08 Å². The molecule has 2 aromatic heterocycles. The molecule has 4 atom stereocenters. The number of imidazole rings is 1. The minimum atomic E-state index is -1.40. The zero-order valence-electron chi connectivity index (χ0n) is 12.2. The van der Waals surface area contributed by atoms with Gasteiger partial charge in [0, 0.05) is 5.92 Å². The van der Waals surface area contributed by atoms with Gasteiger partial charge in [0.1, 0.15) is 0 Å². The van der Waals surface area contributed by atoms with E-state index in [9.17, 15) is 13.9 Å². The summed E-state index contributed by atoms with van der Waals surface area (Å²) in [4.78, 5) is 11.0. The lowest BCUT2D eigenvalue weighted by Gasteiger charge is -2.29. The summed E-state index contributed by atoms with van der Waals surface area (Å²) >= 11 is 0. The van der Waals surface area contributed by atoms with E-state index < -0.39 is 30.0 Å². The number of hydrogen-bond acceptors (Lipinski definition) is 6. The van der Waals surface area contributed by atoms with Crippen molar-refractivity contribution in [1.82, 2.24) is 19.5 Å². The summed E-state index contributed by atoms with van der Waals surface area (Å²) in [6, 6.07) is 0. The maximum absolute atomic E-state index is 14.7. The number of anilines is 1. The van der Waals surface area contributed by atoms with E-state index in [4.69, 9.17) is 10.5 Å². The fourth-order valence-corrected chi connectivity index (χ4v) is 2.96. The summed E-state index contributed by atoms with van der Waals surface area (Å²) in [5.74, 6) is -0.652. The molecule has 0 bridgehead atoms. The Bertz CT molecular complexity index is 703. The molecule has 3 heterocycles. The van der Waals surface area contributed by atoms with Crippen LogP contribution < -0.4 is 5.73 Å². The summed E-state index contributed by atoms with van der Waals surface area (Å²) in [7, 11) is 0. The first kappa shape index (κ1) is 15.0. The first-order valence-corrected chi connectivity index (χ1v) is 7.02. The Hall–Kier alpha value is -1.87. The Labute approximate surface area is 125 Å². The Morgan fingerprint density at radius 1 is 1.50 bits per heavy atom. The Balaban J connectivity index is 2.09. The average Bonchev–Trinajstić information content (AvgIpc) is 3.01. The van der Waals surface area contributed by atoms with E-state index in [0.717, 1.165) is 0 Å². The van der Waals surface area contributed by atoms with Crippen molar-refractivity contribution < 1.29 is 18.6 Å². The molecule has 7 nitrogen and oxygen atoms in total. The molecule has 0 amide bonds. The van der Waals surface area contributed by atoms with E-state index >= 15 is 0 Å². The number of aliphatic hydroxyl groups is 1. The lowest BCUT2D eigenvalue weighted by Crippen LogP contribution is -2.39. The molecule has 1 aliphatic heterocycles. The number of aromatic nitrogens is 4. The highest BCUT2D eigenvalue weighted by molar-refractivity contribution is 5.81. The normalized spacial score (nSPS) is 32.0. The number of nitrogen functional groups attached to an aromatic ring is 1. The lowest BCUT2D eigenvalue weighted by atomic mass is 9.86. The number of ether oxygens (including phenoxy) is 1.